The summed E-state index contributed by atoms with van der Waals surface area (Å²) in [4.78, 5) is 0. The molecule has 1 nitrogen and oxygen atoms in total. The Bertz CT molecular complexity index is 258. The van der Waals surface area contributed by atoms with Gasteiger partial charge < -0.3 is 4.74 Å². The summed E-state index contributed by atoms with van der Waals surface area (Å²) in [5.74, 6) is 0. The molecule has 0 N–H and O–H groups in total. The van der Waals surface area contributed by atoms with E-state index in [0.29, 0.717) is 6.61 Å². The smallest absolute Gasteiger partial charge is 0.0724 e. The zero-order valence-corrected chi connectivity index (χ0v) is 9.06. The second-order valence-electron chi connectivity index (χ2n) is 4.03. The molecule has 0 spiro atoms. The number of benzene rings is 1. The first-order chi connectivity index (χ1) is 5.97. The van der Waals surface area contributed by atoms with E-state index in [1.54, 1.807) is 0 Å². The van der Waals surface area contributed by atoms with Crippen LogP contribution in [0.25, 0.3) is 0 Å². The predicted molar refractivity (Wildman–Crippen MR) is 56.0 cm³/mol. The van der Waals surface area contributed by atoms with Crippen LogP contribution in [0.2, 0.25) is 5.02 Å². The lowest BCUT2D eigenvalue weighted by molar-refractivity contribution is -0.0149. The summed E-state index contributed by atoms with van der Waals surface area (Å²) < 4.78 is 5.61. The van der Waals surface area contributed by atoms with E-state index in [9.17, 15) is 0 Å². The first-order valence-corrected chi connectivity index (χ1v) is 4.73. The third-order valence-electron chi connectivity index (χ3n) is 1.59. The lowest BCUT2D eigenvalue weighted by atomic mass is 10.2. The van der Waals surface area contributed by atoms with Crippen molar-refractivity contribution in [1.29, 1.82) is 0 Å². The van der Waals surface area contributed by atoms with Crippen molar-refractivity contribution >= 4 is 11.6 Å². The molecule has 13 heavy (non-hydrogen) atoms. The first kappa shape index (κ1) is 10.6. The molecule has 1 aromatic carbocycles. The van der Waals surface area contributed by atoms with Crippen molar-refractivity contribution < 1.29 is 4.74 Å². The first-order valence-electron chi connectivity index (χ1n) is 4.36. The normalized spacial score (nSPS) is 11.7. The molecule has 0 heterocycles. The largest absolute Gasteiger partial charge is 0.371 e. The van der Waals surface area contributed by atoms with Crippen LogP contribution in [0.4, 0.5) is 0 Å². The lowest BCUT2D eigenvalue weighted by Crippen LogP contribution is -2.18. The summed E-state index contributed by atoms with van der Waals surface area (Å²) in [5.41, 5.74) is 1.07. The van der Waals surface area contributed by atoms with Gasteiger partial charge in [-0.3, -0.25) is 0 Å². The molecular weight excluding hydrogens is 184 g/mol. The van der Waals surface area contributed by atoms with Gasteiger partial charge in [-0.1, -0.05) is 23.7 Å². The van der Waals surface area contributed by atoms with E-state index in [2.05, 4.69) is 0 Å². The van der Waals surface area contributed by atoms with Crippen molar-refractivity contribution in [1.82, 2.24) is 0 Å². The van der Waals surface area contributed by atoms with Crippen molar-refractivity contribution in [2.24, 2.45) is 0 Å². The summed E-state index contributed by atoms with van der Waals surface area (Å²) in [5, 5.41) is 0.763. The van der Waals surface area contributed by atoms with Crippen LogP contribution in [0.5, 0.6) is 0 Å². The van der Waals surface area contributed by atoms with Gasteiger partial charge in [0.25, 0.3) is 0 Å². The zero-order valence-electron chi connectivity index (χ0n) is 8.30. The molecule has 72 valence electrons. The van der Waals surface area contributed by atoms with Gasteiger partial charge in [-0.05, 0) is 38.5 Å². The van der Waals surface area contributed by atoms with Crippen LogP contribution in [0.15, 0.2) is 24.3 Å². The highest BCUT2D eigenvalue weighted by Gasteiger charge is 2.09. The van der Waals surface area contributed by atoms with Crippen LogP contribution in [0.3, 0.4) is 0 Å². The fraction of sp³-hybridized carbons (Fsp3) is 0.455. The van der Waals surface area contributed by atoms with Gasteiger partial charge >= 0.3 is 0 Å². The quantitative estimate of drug-likeness (QED) is 0.705. The molecule has 0 fully saturated rings. The van der Waals surface area contributed by atoms with Crippen molar-refractivity contribution in [2.75, 3.05) is 0 Å². The van der Waals surface area contributed by atoms with E-state index in [-0.39, 0.29) is 5.60 Å². The van der Waals surface area contributed by atoms with Crippen LogP contribution in [-0.4, -0.2) is 5.60 Å². The molecule has 0 amide bonds. The summed E-state index contributed by atoms with van der Waals surface area (Å²) in [7, 11) is 0. The van der Waals surface area contributed by atoms with E-state index >= 15 is 0 Å². The maximum absolute atomic E-state index is 5.76. The van der Waals surface area contributed by atoms with Crippen molar-refractivity contribution in [2.45, 2.75) is 33.0 Å². The average Bonchev–Trinajstić information content (AvgIpc) is 2.02. The Labute approximate surface area is 84.7 Å². The Kier molecular flexibility index (Phi) is 3.34. The summed E-state index contributed by atoms with van der Waals surface area (Å²) >= 11 is 5.76. The molecule has 0 aliphatic heterocycles. The van der Waals surface area contributed by atoms with E-state index in [1.807, 2.05) is 45.0 Å². The molecule has 0 atom stereocenters. The molecule has 0 saturated heterocycles. The van der Waals surface area contributed by atoms with Gasteiger partial charge in [-0.15, -0.1) is 0 Å². The number of hydrogen-bond acceptors (Lipinski definition) is 1. The van der Waals surface area contributed by atoms with E-state index in [0.717, 1.165) is 10.6 Å². The lowest BCUT2D eigenvalue weighted by Gasteiger charge is -2.19. The molecule has 0 aliphatic carbocycles. The highest BCUT2D eigenvalue weighted by atomic mass is 35.5. The SMILES string of the molecule is CC(C)(C)OCc1ccc(Cl)cc1. The standard InChI is InChI=1S/C11H15ClO/c1-11(2,3)13-8-9-4-6-10(12)7-5-9/h4-7H,8H2,1-3H3. The number of ether oxygens (including phenoxy) is 1. The Morgan fingerprint density at radius 3 is 2.15 bits per heavy atom. The van der Waals surface area contributed by atoms with Crippen molar-refractivity contribution in [3.05, 3.63) is 34.9 Å². The summed E-state index contributed by atoms with van der Waals surface area (Å²) in [6, 6.07) is 7.72. The maximum Gasteiger partial charge on any atom is 0.0724 e. The van der Waals surface area contributed by atoms with E-state index in [1.165, 1.54) is 0 Å². The third-order valence-corrected chi connectivity index (χ3v) is 1.84. The predicted octanol–water partition coefficient (Wildman–Crippen LogP) is 3.66. The van der Waals surface area contributed by atoms with Gasteiger partial charge in [-0.2, -0.15) is 0 Å². The van der Waals surface area contributed by atoms with Crippen LogP contribution in [0.1, 0.15) is 26.3 Å². The Morgan fingerprint density at radius 1 is 1.15 bits per heavy atom. The second-order valence-corrected chi connectivity index (χ2v) is 4.46. The van der Waals surface area contributed by atoms with Crippen molar-refractivity contribution in [3.8, 4) is 0 Å². The van der Waals surface area contributed by atoms with Gasteiger partial charge in [0.1, 0.15) is 0 Å². The molecule has 0 aromatic heterocycles. The molecule has 0 bridgehead atoms. The molecule has 2 heteroatoms. The molecule has 0 aliphatic rings. The second kappa shape index (κ2) is 4.12. The molecule has 0 unspecified atom stereocenters. The zero-order chi connectivity index (χ0) is 9.90. The number of rotatable bonds is 2. The van der Waals surface area contributed by atoms with Crippen LogP contribution in [-0.2, 0) is 11.3 Å². The average molecular weight is 199 g/mol. The number of halogens is 1. The van der Waals surface area contributed by atoms with Gasteiger partial charge in [0, 0.05) is 5.02 Å². The Hall–Kier alpha value is -0.530. The molecular formula is C11H15ClO. The topological polar surface area (TPSA) is 9.23 Å². The fourth-order valence-electron chi connectivity index (χ4n) is 0.880. The molecule has 0 saturated carbocycles. The monoisotopic (exact) mass is 198 g/mol. The van der Waals surface area contributed by atoms with Crippen LogP contribution < -0.4 is 0 Å². The minimum absolute atomic E-state index is 0.0837. The minimum atomic E-state index is -0.0837. The summed E-state index contributed by atoms with van der Waals surface area (Å²) in [6.07, 6.45) is 0. The van der Waals surface area contributed by atoms with Crippen molar-refractivity contribution in [3.63, 3.8) is 0 Å². The molecule has 1 aromatic rings. The minimum Gasteiger partial charge on any atom is -0.371 e. The van der Waals surface area contributed by atoms with Crippen LogP contribution in [0, 0.1) is 0 Å². The van der Waals surface area contributed by atoms with Gasteiger partial charge in [0.05, 0.1) is 12.2 Å². The molecule has 1 rings (SSSR count). The number of hydrogen-bond donors (Lipinski definition) is 0. The van der Waals surface area contributed by atoms with E-state index < -0.39 is 0 Å². The van der Waals surface area contributed by atoms with Gasteiger partial charge in [0.15, 0.2) is 0 Å². The fourth-order valence-corrected chi connectivity index (χ4v) is 1.01. The Morgan fingerprint density at radius 2 is 1.69 bits per heavy atom. The van der Waals surface area contributed by atoms with E-state index in [4.69, 9.17) is 16.3 Å². The third kappa shape index (κ3) is 4.30. The van der Waals surface area contributed by atoms with Gasteiger partial charge in [0.2, 0.25) is 0 Å². The molecule has 0 radical (unpaired) electrons. The highest BCUT2D eigenvalue weighted by molar-refractivity contribution is 6.30. The van der Waals surface area contributed by atoms with Crippen LogP contribution >= 0.6 is 11.6 Å². The van der Waals surface area contributed by atoms with Gasteiger partial charge in [-0.25, -0.2) is 0 Å². The Balaban J connectivity index is 2.51. The summed E-state index contributed by atoms with van der Waals surface area (Å²) in [6.45, 7) is 6.77. The maximum atomic E-state index is 5.76. The highest BCUT2D eigenvalue weighted by Crippen LogP contribution is 2.14.